The van der Waals surface area contributed by atoms with Gasteiger partial charge in [0.25, 0.3) is 0 Å². The van der Waals surface area contributed by atoms with Gasteiger partial charge in [-0.2, -0.15) is 13.2 Å². The molecule has 108 valence electrons. The summed E-state index contributed by atoms with van der Waals surface area (Å²) in [5.74, 6) is 0. The maximum absolute atomic E-state index is 12.0. The Bertz CT molecular complexity index is 435. The summed E-state index contributed by atoms with van der Waals surface area (Å²) in [5, 5.41) is 3.90. The molecule has 0 spiro atoms. The SMILES string of the molecule is CC(NCCCC(F)(F)F)c1ccc(Cl)c(Cl)c1Cl. The molecule has 0 aliphatic carbocycles. The molecule has 0 aliphatic rings. The molecule has 1 N–H and O–H groups in total. The van der Waals surface area contributed by atoms with E-state index in [0.717, 1.165) is 0 Å². The second-order valence-electron chi connectivity index (χ2n) is 4.16. The lowest BCUT2D eigenvalue weighted by Crippen LogP contribution is -2.22. The summed E-state index contributed by atoms with van der Waals surface area (Å²) in [4.78, 5) is 0. The highest BCUT2D eigenvalue weighted by atomic mass is 35.5. The second kappa shape index (κ2) is 7.02. The minimum atomic E-state index is -4.12. The molecule has 1 rings (SSSR count). The number of rotatable bonds is 5. The van der Waals surface area contributed by atoms with E-state index < -0.39 is 12.6 Å². The Labute approximate surface area is 125 Å². The van der Waals surface area contributed by atoms with E-state index in [0.29, 0.717) is 15.6 Å². The molecule has 0 aromatic heterocycles. The third-order valence-corrected chi connectivity index (χ3v) is 3.93. The van der Waals surface area contributed by atoms with Crippen molar-refractivity contribution in [2.75, 3.05) is 6.54 Å². The van der Waals surface area contributed by atoms with Crippen LogP contribution in [-0.4, -0.2) is 12.7 Å². The summed E-state index contributed by atoms with van der Waals surface area (Å²) in [6, 6.07) is 3.12. The molecule has 0 fully saturated rings. The van der Waals surface area contributed by atoms with Gasteiger partial charge in [-0.15, -0.1) is 0 Å². The number of alkyl halides is 3. The van der Waals surface area contributed by atoms with Crippen LogP contribution in [0.3, 0.4) is 0 Å². The van der Waals surface area contributed by atoms with E-state index in [1.54, 1.807) is 19.1 Å². The fourth-order valence-corrected chi connectivity index (χ4v) is 2.30. The molecular formula is C12H13Cl3F3N. The van der Waals surface area contributed by atoms with Gasteiger partial charge in [0.1, 0.15) is 0 Å². The van der Waals surface area contributed by atoms with Gasteiger partial charge in [0, 0.05) is 12.5 Å². The number of benzene rings is 1. The maximum Gasteiger partial charge on any atom is 0.389 e. The van der Waals surface area contributed by atoms with Gasteiger partial charge in [0.05, 0.1) is 15.1 Å². The molecule has 0 amide bonds. The Morgan fingerprint density at radius 3 is 2.37 bits per heavy atom. The molecule has 1 atom stereocenters. The van der Waals surface area contributed by atoms with Gasteiger partial charge >= 0.3 is 6.18 Å². The zero-order valence-electron chi connectivity index (χ0n) is 10.1. The Hall–Kier alpha value is -0.160. The zero-order chi connectivity index (χ0) is 14.6. The first-order chi connectivity index (χ1) is 8.72. The van der Waals surface area contributed by atoms with Crippen LogP contribution in [-0.2, 0) is 0 Å². The van der Waals surface area contributed by atoms with Crippen molar-refractivity contribution in [2.24, 2.45) is 0 Å². The van der Waals surface area contributed by atoms with Crippen LogP contribution in [0.5, 0.6) is 0 Å². The van der Waals surface area contributed by atoms with E-state index in [2.05, 4.69) is 5.32 Å². The first kappa shape index (κ1) is 16.9. The highest BCUT2D eigenvalue weighted by molar-refractivity contribution is 6.48. The van der Waals surface area contributed by atoms with Gasteiger partial charge in [-0.05, 0) is 31.5 Å². The lowest BCUT2D eigenvalue weighted by Gasteiger charge is -2.17. The largest absolute Gasteiger partial charge is 0.389 e. The van der Waals surface area contributed by atoms with Crippen LogP contribution < -0.4 is 5.32 Å². The van der Waals surface area contributed by atoms with Crippen molar-refractivity contribution < 1.29 is 13.2 Å². The molecule has 0 aliphatic heterocycles. The van der Waals surface area contributed by atoms with Crippen LogP contribution >= 0.6 is 34.8 Å². The molecule has 1 aromatic rings. The minimum Gasteiger partial charge on any atom is -0.310 e. The standard InChI is InChI=1S/C12H13Cl3F3N/c1-7(19-6-2-5-12(16,17)18)8-3-4-9(13)11(15)10(8)14/h3-4,7,19H,2,5-6H2,1H3. The molecule has 0 saturated carbocycles. The Kier molecular flexibility index (Phi) is 6.24. The first-order valence-corrected chi connectivity index (χ1v) is 6.79. The molecular weight excluding hydrogens is 321 g/mol. The van der Waals surface area contributed by atoms with Crippen molar-refractivity contribution >= 4 is 34.8 Å². The summed E-state index contributed by atoms with van der Waals surface area (Å²) in [5.41, 5.74) is 0.711. The molecule has 0 heterocycles. The van der Waals surface area contributed by atoms with Gasteiger partial charge < -0.3 is 5.32 Å². The van der Waals surface area contributed by atoms with Crippen molar-refractivity contribution in [2.45, 2.75) is 32.0 Å². The van der Waals surface area contributed by atoms with Crippen LogP contribution in [0.4, 0.5) is 13.2 Å². The third kappa shape index (κ3) is 5.38. The van der Waals surface area contributed by atoms with E-state index >= 15 is 0 Å². The van der Waals surface area contributed by atoms with E-state index in [9.17, 15) is 13.2 Å². The Morgan fingerprint density at radius 1 is 1.16 bits per heavy atom. The van der Waals surface area contributed by atoms with Crippen molar-refractivity contribution in [3.63, 3.8) is 0 Å². The molecule has 7 heteroatoms. The number of halogens is 6. The van der Waals surface area contributed by atoms with Crippen LogP contribution in [0.25, 0.3) is 0 Å². The summed E-state index contributed by atoms with van der Waals surface area (Å²) >= 11 is 17.8. The van der Waals surface area contributed by atoms with Gasteiger partial charge in [-0.3, -0.25) is 0 Å². The fourth-order valence-electron chi connectivity index (χ4n) is 1.59. The Morgan fingerprint density at radius 2 is 1.79 bits per heavy atom. The summed E-state index contributed by atoms with van der Waals surface area (Å²) < 4.78 is 36.0. The van der Waals surface area contributed by atoms with E-state index in [1.165, 1.54) is 0 Å². The fraction of sp³-hybridized carbons (Fsp3) is 0.500. The van der Waals surface area contributed by atoms with Gasteiger partial charge in [-0.25, -0.2) is 0 Å². The van der Waals surface area contributed by atoms with E-state index in [1.807, 2.05) is 0 Å². The lowest BCUT2D eigenvalue weighted by molar-refractivity contribution is -0.135. The van der Waals surface area contributed by atoms with Crippen molar-refractivity contribution in [3.8, 4) is 0 Å². The van der Waals surface area contributed by atoms with Crippen LogP contribution in [0.2, 0.25) is 15.1 Å². The molecule has 0 saturated heterocycles. The first-order valence-electron chi connectivity index (χ1n) is 5.66. The average Bonchev–Trinajstić information content (AvgIpc) is 2.30. The molecule has 1 aromatic carbocycles. The predicted octanol–water partition coefficient (Wildman–Crippen LogP) is 5.64. The van der Waals surface area contributed by atoms with Gasteiger partial charge in [-0.1, -0.05) is 40.9 Å². The third-order valence-electron chi connectivity index (χ3n) is 2.62. The number of hydrogen-bond donors (Lipinski definition) is 1. The number of nitrogens with one attached hydrogen (secondary N) is 1. The summed E-state index contributed by atoms with van der Waals surface area (Å²) in [7, 11) is 0. The monoisotopic (exact) mass is 333 g/mol. The average molecular weight is 335 g/mol. The van der Waals surface area contributed by atoms with Gasteiger partial charge in [0.15, 0.2) is 0 Å². The molecule has 0 radical (unpaired) electrons. The highest BCUT2D eigenvalue weighted by Crippen LogP contribution is 2.35. The minimum absolute atomic E-state index is 0.0206. The zero-order valence-corrected chi connectivity index (χ0v) is 12.4. The Balaban J connectivity index is 2.55. The lowest BCUT2D eigenvalue weighted by atomic mass is 10.1. The summed E-state index contributed by atoms with van der Waals surface area (Å²) in [6.07, 6.45) is -4.90. The molecule has 1 unspecified atom stereocenters. The predicted molar refractivity (Wildman–Crippen MR) is 73.2 cm³/mol. The smallest absolute Gasteiger partial charge is 0.310 e. The normalized spacial score (nSPS) is 13.6. The summed E-state index contributed by atoms with van der Waals surface area (Å²) in [6.45, 7) is 2.05. The highest BCUT2D eigenvalue weighted by Gasteiger charge is 2.26. The molecule has 0 bridgehead atoms. The quantitative estimate of drug-likeness (QED) is 0.543. The van der Waals surface area contributed by atoms with Crippen molar-refractivity contribution in [3.05, 3.63) is 32.8 Å². The van der Waals surface area contributed by atoms with Crippen LogP contribution in [0.15, 0.2) is 12.1 Å². The van der Waals surface area contributed by atoms with Crippen molar-refractivity contribution in [1.82, 2.24) is 5.32 Å². The van der Waals surface area contributed by atoms with E-state index in [-0.39, 0.29) is 24.0 Å². The van der Waals surface area contributed by atoms with Crippen LogP contribution in [0.1, 0.15) is 31.4 Å². The maximum atomic E-state index is 12.0. The molecule has 19 heavy (non-hydrogen) atoms. The van der Waals surface area contributed by atoms with Gasteiger partial charge in [0.2, 0.25) is 0 Å². The molecule has 1 nitrogen and oxygen atoms in total. The topological polar surface area (TPSA) is 12.0 Å². The number of hydrogen-bond acceptors (Lipinski definition) is 1. The second-order valence-corrected chi connectivity index (χ2v) is 5.32. The van der Waals surface area contributed by atoms with E-state index in [4.69, 9.17) is 34.8 Å². The van der Waals surface area contributed by atoms with Crippen LogP contribution in [0, 0.1) is 0 Å². The van der Waals surface area contributed by atoms with Crippen molar-refractivity contribution in [1.29, 1.82) is 0 Å².